The number of phenolic OH excluding ortho intramolecular Hbond substituents is 1. The van der Waals surface area contributed by atoms with Crippen molar-refractivity contribution in [3.63, 3.8) is 0 Å². The normalized spacial score (nSPS) is 9.61. The lowest BCUT2D eigenvalue weighted by molar-refractivity contribution is 0.475. The third-order valence-electron chi connectivity index (χ3n) is 2.52. The van der Waals surface area contributed by atoms with E-state index in [0.717, 1.165) is 4.90 Å². The van der Waals surface area contributed by atoms with Crippen LogP contribution in [0.2, 0.25) is 0 Å². The number of aromatic hydroxyl groups is 1. The average Bonchev–Trinajstić information content (AvgIpc) is 2.41. The predicted octanol–water partition coefficient (Wildman–Crippen LogP) is 4.52. The molecule has 1 N–H and O–H groups in total. The molecule has 0 fully saturated rings. The Bertz CT molecular complexity index is 615. The van der Waals surface area contributed by atoms with Crippen LogP contribution in [0.15, 0.2) is 77.7 Å². The molecule has 0 radical (unpaired) electrons. The van der Waals surface area contributed by atoms with Crippen LogP contribution in [0, 0.1) is 0 Å². The van der Waals surface area contributed by atoms with Gasteiger partial charge in [0.25, 0.3) is 0 Å². The van der Waals surface area contributed by atoms with Gasteiger partial charge in [0.1, 0.15) is 5.75 Å². The molecule has 0 amide bonds. The number of phenols is 1. The Kier molecular flexibility index (Phi) is 4.26. The summed E-state index contributed by atoms with van der Waals surface area (Å²) in [7, 11) is 0. The molecule has 0 aromatic heterocycles. The number of benzene rings is 3. The zero-order valence-electron chi connectivity index (χ0n) is 9.82. The number of thiol groups is 1. The molecule has 0 aliphatic rings. The molecule has 2 heteroatoms. The molecule has 0 bridgehead atoms. The fourth-order valence-corrected chi connectivity index (χ4v) is 1.93. The van der Waals surface area contributed by atoms with Gasteiger partial charge in [-0.15, -0.1) is 12.6 Å². The van der Waals surface area contributed by atoms with Crippen molar-refractivity contribution in [1.82, 2.24) is 0 Å². The molecule has 0 aliphatic carbocycles. The number of hydrogen-bond donors (Lipinski definition) is 2. The molecule has 1 nitrogen and oxygen atoms in total. The van der Waals surface area contributed by atoms with Crippen LogP contribution in [-0.2, 0) is 0 Å². The van der Waals surface area contributed by atoms with Gasteiger partial charge in [-0.05, 0) is 29.0 Å². The Hall–Kier alpha value is -1.93. The van der Waals surface area contributed by atoms with Crippen LogP contribution in [0.25, 0.3) is 10.8 Å². The molecule has 18 heavy (non-hydrogen) atoms. The highest BCUT2D eigenvalue weighted by Gasteiger charge is 1.92. The van der Waals surface area contributed by atoms with Gasteiger partial charge >= 0.3 is 0 Å². The van der Waals surface area contributed by atoms with Gasteiger partial charge in [0.05, 0.1) is 0 Å². The first-order chi connectivity index (χ1) is 8.77. The van der Waals surface area contributed by atoms with Gasteiger partial charge in [0.15, 0.2) is 0 Å². The lowest BCUT2D eigenvalue weighted by Gasteiger charge is -1.98. The Morgan fingerprint density at radius 3 is 1.89 bits per heavy atom. The first kappa shape index (κ1) is 12.5. The van der Waals surface area contributed by atoms with E-state index >= 15 is 0 Å². The van der Waals surface area contributed by atoms with Gasteiger partial charge in [-0.1, -0.05) is 54.6 Å². The third-order valence-corrected chi connectivity index (χ3v) is 2.91. The number of rotatable bonds is 0. The molecule has 3 aromatic carbocycles. The summed E-state index contributed by atoms with van der Waals surface area (Å²) in [6.45, 7) is 0. The molecule has 0 saturated heterocycles. The van der Waals surface area contributed by atoms with Crippen molar-refractivity contribution in [2.75, 3.05) is 0 Å². The summed E-state index contributed by atoms with van der Waals surface area (Å²) in [4.78, 5) is 1.04. The van der Waals surface area contributed by atoms with Crippen molar-refractivity contribution in [3.05, 3.63) is 72.8 Å². The second-order valence-corrected chi connectivity index (χ2v) is 4.32. The van der Waals surface area contributed by atoms with Crippen molar-refractivity contribution in [2.45, 2.75) is 4.90 Å². The van der Waals surface area contributed by atoms with E-state index in [1.165, 1.54) is 10.8 Å². The number of para-hydroxylation sites is 1. The lowest BCUT2D eigenvalue weighted by Crippen LogP contribution is -1.71. The summed E-state index contributed by atoms with van der Waals surface area (Å²) in [5.74, 6) is 0.322. The molecule has 0 unspecified atom stereocenters. The summed E-state index contributed by atoms with van der Waals surface area (Å²) in [6, 6.07) is 23.1. The van der Waals surface area contributed by atoms with Gasteiger partial charge in [-0.25, -0.2) is 0 Å². The van der Waals surface area contributed by atoms with E-state index in [1.54, 1.807) is 24.3 Å². The number of fused-ring (bicyclic) bond motifs is 1. The van der Waals surface area contributed by atoms with E-state index in [1.807, 2.05) is 30.3 Å². The van der Waals surface area contributed by atoms with Crippen molar-refractivity contribution >= 4 is 23.4 Å². The maximum Gasteiger partial charge on any atom is 0.115 e. The second kappa shape index (κ2) is 6.12. The molecular weight excluding hydrogens is 240 g/mol. The standard InChI is InChI=1S/C10H8S.C6H6O/c11-10-7-3-5-8-4-1-2-6-9(8)10;7-6-4-2-1-3-5-6/h1-7,11H;1-5,7H. The van der Waals surface area contributed by atoms with Gasteiger partial charge in [-0.3, -0.25) is 0 Å². The Morgan fingerprint density at radius 1 is 0.667 bits per heavy atom. The molecule has 3 aromatic rings. The highest BCUT2D eigenvalue weighted by molar-refractivity contribution is 7.80. The topological polar surface area (TPSA) is 20.2 Å². The quantitative estimate of drug-likeness (QED) is 0.565. The minimum atomic E-state index is 0.322. The van der Waals surface area contributed by atoms with Crippen LogP contribution in [-0.4, -0.2) is 5.11 Å². The zero-order chi connectivity index (χ0) is 12.8. The monoisotopic (exact) mass is 254 g/mol. The molecule has 0 heterocycles. The summed E-state index contributed by atoms with van der Waals surface area (Å²) < 4.78 is 0. The SMILES string of the molecule is Oc1ccccc1.Sc1cccc2ccccc12. The highest BCUT2D eigenvalue weighted by Crippen LogP contribution is 2.20. The molecule has 0 saturated carbocycles. The molecule has 90 valence electrons. The van der Waals surface area contributed by atoms with Crippen molar-refractivity contribution in [2.24, 2.45) is 0 Å². The van der Waals surface area contributed by atoms with Crippen molar-refractivity contribution < 1.29 is 5.11 Å². The molecule has 3 rings (SSSR count). The molecular formula is C16H14OS. The van der Waals surface area contributed by atoms with Crippen LogP contribution in [0.3, 0.4) is 0 Å². The van der Waals surface area contributed by atoms with E-state index in [4.69, 9.17) is 5.11 Å². The third kappa shape index (κ3) is 3.28. The first-order valence-corrected chi connectivity index (χ1v) is 6.13. The minimum Gasteiger partial charge on any atom is -0.508 e. The largest absolute Gasteiger partial charge is 0.508 e. The van der Waals surface area contributed by atoms with E-state index in [-0.39, 0.29) is 0 Å². The summed E-state index contributed by atoms with van der Waals surface area (Å²) in [5.41, 5.74) is 0. The smallest absolute Gasteiger partial charge is 0.115 e. The first-order valence-electron chi connectivity index (χ1n) is 5.68. The Morgan fingerprint density at radius 2 is 1.28 bits per heavy atom. The van der Waals surface area contributed by atoms with Gasteiger partial charge in [0, 0.05) is 4.90 Å². The van der Waals surface area contributed by atoms with Crippen LogP contribution in [0.5, 0.6) is 5.75 Å². The summed E-state index contributed by atoms with van der Waals surface area (Å²) in [5, 5.41) is 11.1. The van der Waals surface area contributed by atoms with Gasteiger partial charge in [-0.2, -0.15) is 0 Å². The Labute approximate surface area is 112 Å². The van der Waals surface area contributed by atoms with Crippen LogP contribution in [0.4, 0.5) is 0 Å². The highest BCUT2D eigenvalue weighted by atomic mass is 32.1. The van der Waals surface area contributed by atoms with Crippen molar-refractivity contribution in [3.8, 4) is 5.75 Å². The summed E-state index contributed by atoms with van der Waals surface area (Å²) in [6.07, 6.45) is 0. The maximum atomic E-state index is 8.63. The second-order valence-electron chi connectivity index (χ2n) is 3.83. The Balaban J connectivity index is 0.000000149. The van der Waals surface area contributed by atoms with Gasteiger partial charge in [0.2, 0.25) is 0 Å². The van der Waals surface area contributed by atoms with Crippen LogP contribution < -0.4 is 0 Å². The van der Waals surface area contributed by atoms with E-state index < -0.39 is 0 Å². The zero-order valence-corrected chi connectivity index (χ0v) is 10.7. The summed E-state index contributed by atoms with van der Waals surface area (Å²) >= 11 is 4.35. The molecule has 0 aliphatic heterocycles. The van der Waals surface area contributed by atoms with E-state index in [2.05, 4.69) is 30.8 Å². The fourth-order valence-electron chi connectivity index (χ4n) is 1.64. The van der Waals surface area contributed by atoms with E-state index in [0.29, 0.717) is 5.75 Å². The van der Waals surface area contributed by atoms with Gasteiger partial charge < -0.3 is 5.11 Å². The predicted molar refractivity (Wildman–Crippen MR) is 79.3 cm³/mol. The average molecular weight is 254 g/mol. The number of hydrogen-bond acceptors (Lipinski definition) is 2. The maximum absolute atomic E-state index is 8.63. The fraction of sp³-hybridized carbons (Fsp3) is 0. The van der Waals surface area contributed by atoms with Crippen molar-refractivity contribution in [1.29, 1.82) is 0 Å². The van der Waals surface area contributed by atoms with Crippen LogP contribution >= 0.6 is 12.6 Å². The lowest BCUT2D eigenvalue weighted by atomic mass is 10.1. The van der Waals surface area contributed by atoms with Crippen LogP contribution in [0.1, 0.15) is 0 Å². The molecule has 0 atom stereocenters. The molecule has 0 spiro atoms. The van der Waals surface area contributed by atoms with E-state index in [9.17, 15) is 0 Å². The minimum absolute atomic E-state index is 0.322.